The summed E-state index contributed by atoms with van der Waals surface area (Å²) < 4.78 is 0. The van der Waals surface area contributed by atoms with Gasteiger partial charge in [-0.05, 0) is 18.7 Å². The molecular formula is C9H12ClN3O. The lowest BCUT2D eigenvalue weighted by molar-refractivity contribution is 0.0999. The molecule has 76 valence electrons. The van der Waals surface area contributed by atoms with Gasteiger partial charge in [0.1, 0.15) is 5.15 Å². The van der Waals surface area contributed by atoms with Gasteiger partial charge in [0.05, 0.1) is 11.3 Å². The minimum absolute atomic E-state index is 0.364. The molecule has 0 bridgehead atoms. The van der Waals surface area contributed by atoms with Crippen LogP contribution in [0.5, 0.6) is 0 Å². The number of halogens is 1. The average Bonchev–Trinajstić information content (AvgIpc) is 2.14. The maximum absolute atomic E-state index is 11.0. The van der Waals surface area contributed by atoms with Gasteiger partial charge < -0.3 is 11.1 Å². The van der Waals surface area contributed by atoms with E-state index in [-0.39, 0.29) is 0 Å². The number of pyridine rings is 1. The van der Waals surface area contributed by atoms with E-state index < -0.39 is 5.91 Å². The zero-order chi connectivity index (χ0) is 10.6. The Morgan fingerprint density at radius 3 is 2.93 bits per heavy atom. The normalized spacial score (nSPS) is 10.1. The van der Waals surface area contributed by atoms with Gasteiger partial charge in [0.25, 0.3) is 5.91 Å². The summed E-state index contributed by atoms with van der Waals surface area (Å²) in [6.07, 6.45) is 0. The second kappa shape index (κ2) is 4.93. The van der Waals surface area contributed by atoms with E-state index in [1.807, 2.05) is 6.92 Å². The molecule has 1 amide bonds. The van der Waals surface area contributed by atoms with Gasteiger partial charge in [-0.2, -0.15) is 0 Å². The first-order valence-electron chi connectivity index (χ1n) is 4.31. The minimum atomic E-state index is -0.484. The van der Waals surface area contributed by atoms with E-state index in [1.165, 1.54) is 0 Å². The summed E-state index contributed by atoms with van der Waals surface area (Å²) in [6.45, 7) is 3.26. The van der Waals surface area contributed by atoms with Gasteiger partial charge in [-0.3, -0.25) is 4.79 Å². The molecule has 4 nitrogen and oxygen atoms in total. The monoisotopic (exact) mass is 213 g/mol. The third-order valence-electron chi connectivity index (χ3n) is 1.75. The van der Waals surface area contributed by atoms with E-state index in [9.17, 15) is 4.79 Å². The third-order valence-corrected chi connectivity index (χ3v) is 1.96. The van der Waals surface area contributed by atoms with E-state index >= 15 is 0 Å². The van der Waals surface area contributed by atoms with Crippen molar-refractivity contribution in [2.75, 3.05) is 6.54 Å². The highest BCUT2D eigenvalue weighted by molar-refractivity contribution is 6.29. The lowest BCUT2D eigenvalue weighted by Crippen LogP contribution is -2.20. The van der Waals surface area contributed by atoms with Crippen molar-refractivity contribution in [1.82, 2.24) is 10.3 Å². The highest BCUT2D eigenvalue weighted by Gasteiger charge is 2.09. The van der Waals surface area contributed by atoms with Gasteiger partial charge >= 0.3 is 0 Å². The van der Waals surface area contributed by atoms with Crippen LogP contribution in [0, 0.1) is 0 Å². The predicted molar refractivity (Wildman–Crippen MR) is 55.1 cm³/mol. The van der Waals surface area contributed by atoms with Crippen LogP contribution in [0.15, 0.2) is 12.1 Å². The van der Waals surface area contributed by atoms with E-state index in [0.717, 1.165) is 6.54 Å². The van der Waals surface area contributed by atoms with Crippen molar-refractivity contribution < 1.29 is 4.79 Å². The molecule has 0 saturated carbocycles. The fourth-order valence-corrected chi connectivity index (χ4v) is 1.24. The van der Waals surface area contributed by atoms with Crippen LogP contribution in [-0.2, 0) is 6.54 Å². The number of nitrogens with two attached hydrogens (primary N) is 1. The second-order valence-corrected chi connectivity index (χ2v) is 3.16. The Kier molecular flexibility index (Phi) is 3.85. The van der Waals surface area contributed by atoms with Crippen molar-refractivity contribution in [3.05, 3.63) is 28.5 Å². The number of aromatic nitrogens is 1. The predicted octanol–water partition coefficient (Wildman–Crippen LogP) is 0.943. The van der Waals surface area contributed by atoms with Crippen molar-refractivity contribution in [1.29, 1.82) is 0 Å². The average molecular weight is 214 g/mol. The number of carbonyl (C=O) groups excluding carboxylic acids is 1. The lowest BCUT2D eigenvalue weighted by Gasteiger charge is -2.06. The van der Waals surface area contributed by atoms with Gasteiger partial charge in [-0.15, -0.1) is 0 Å². The zero-order valence-corrected chi connectivity index (χ0v) is 8.64. The Morgan fingerprint density at radius 1 is 1.64 bits per heavy atom. The summed E-state index contributed by atoms with van der Waals surface area (Å²) in [4.78, 5) is 15.0. The summed E-state index contributed by atoms with van der Waals surface area (Å²) >= 11 is 5.71. The molecule has 0 aliphatic heterocycles. The molecule has 0 aliphatic carbocycles. The maximum atomic E-state index is 11.0. The van der Waals surface area contributed by atoms with E-state index in [2.05, 4.69) is 10.3 Å². The minimum Gasteiger partial charge on any atom is -0.366 e. The third kappa shape index (κ3) is 2.68. The smallest absolute Gasteiger partial charge is 0.250 e. The van der Waals surface area contributed by atoms with Crippen molar-refractivity contribution in [3.63, 3.8) is 0 Å². The van der Waals surface area contributed by atoms with Crippen molar-refractivity contribution in [2.45, 2.75) is 13.5 Å². The largest absolute Gasteiger partial charge is 0.366 e. The van der Waals surface area contributed by atoms with Crippen LogP contribution in [0.25, 0.3) is 0 Å². The van der Waals surface area contributed by atoms with E-state index in [4.69, 9.17) is 17.3 Å². The topological polar surface area (TPSA) is 68.0 Å². The molecule has 0 atom stereocenters. The molecule has 1 rings (SSSR count). The second-order valence-electron chi connectivity index (χ2n) is 2.77. The first-order valence-corrected chi connectivity index (χ1v) is 4.69. The summed E-state index contributed by atoms with van der Waals surface area (Å²) in [7, 11) is 0. The molecule has 0 aromatic carbocycles. The number of carbonyl (C=O) groups is 1. The van der Waals surface area contributed by atoms with Crippen molar-refractivity contribution in [3.8, 4) is 0 Å². The fourth-order valence-electron chi connectivity index (χ4n) is 1.08. The van der Waals surface area contributed by atoms with Crippen LogP contribution in [0.2, 0.25) is 5.15 Å². The Labute approximate surface area is 87.5 Å². The summed E-state index contributed by atoms with van der Waals surface area (Å²) in [6, 6.07) is 3.14. The highest BCUT2D eigenvalue weighted by Crippen LogP contribution is 2.10. The van der Waals surface area contributed by atoms with Crippen LogP contribution >= 0.6 is 11.6 Å². The first-order chi connectivity index (χ1) is 6.65. The van der Waals surface area contributed by atoms with Gasteiger partial charge in [-0.25, -0.2) is 4.98 Å². The molecule has 0 saturated heterocycles. The Hall–Kier alpha value is -1.13. The van der Waals surface area contributed by atoms with Gasteiger partial charge in [0.2, 0.25) is 0 Å². The Bertz CT molecular complexity index is 341. The lowest BCUT2D eigenvalue weighted by atomic mass is 10.2. The van der Waals surface area contributed by atoms with Gasteiger partial charge in [0, 0.05) is 6.54 Å². The molecule has 14 heavy (non-hydrogen) atoms. The number of amides is 1. The number of primary amides is 1. The quantitative estimate of drug-likeness (QED) is 0.732. The van der Waals surface area contributed by atoms with Crippen LogP contribution in [0.1, 0.15) is 23.0 Å². The van der Waals surface area contributed by atoms with Gasteiger partial charge in [0.15, 0.2) is 0 Å². The Balaban J connectivity index is 2.97. The van der Waals surface area contributed by atoms with Crippen LogP contribution in [-0.4, -0.2) is 17.4 Å². The summed E-state index contributed by atoms with van der Waals surface area (Å²) in [5.74, 6) is -0.484. The summed E-state index contributed by atoms with van der Waals surface area (Å²) in [5.41, 5.74) is 6.19. The molecule has 3 N–H and O–H groups in total. The molecule has 0 fully saturated rings. The molecule has 1 aromatic heterocycles. The first kappa shape index (κ1) is 10.9. The van der Waals surface area contributed by atoms with E-state index in [0.29, 0.717) is 23.0 Å². The van der Waals surface area contributed by atoms with E-state index in [1.54, 1.807) is 12.1 Å². The Morgan fingerprint density at radius 2 is 2.36 bits per heavy atom. The van der Waals surface area contributed by atoms with Crippen LogP contribution < -0.4 is 11.1 Å². The molecule has 0 radical (unpaired) electrons. The molecule has 0 aliphatic rings. The number of hydrogen-bond donors (Lipinski definition) is 2. The molecule has 0 spiro atoms. The maximum Gasteiger partial charge on any atom is 0.250 e. The number of nitrogens with zero attached hydrogens (tertiary/aromatic N) is 1. The SMILES string of the molecule is CCNCc1nc(Cl)ccc1C(N)=O. The number of hydrogen-bond acceptors (Lipinski definition) is 3. The molecule has 0 unspecified atom stereocenters. The number of rotatable bonds is 4. The van der Waals surface area contributed by atoms with Crippen molar-refractivity contribution in [2.24, 2.45) is 5.73 Å². The highest BCUT2D eigenvalue weighted by atomic mass is 35.5. The van der Waals surface area contributed by atoms with Crippen LogP contribution in [0.4, 0.5) is 0 Å². The zero-order valence-electron chi connectivity index (χ0n) is 7.88. The molecule has 1 heterocycles. The standard InChI is InChI=1S/C9H12ClN3O/c1-2-12-5-7-6(9(11)14)3-4-8(10)13-7/h3-4,12H,2,5H2,1H3,(H2,11,14). The summed E-state index contributed by atoms with van der Waals surface area (Å²) in [5, 5.41) is 3.42. The van der Waals surface area contributed by atoms with Crippen molar-refractivity contribution >= 4 is 17.5 Å². The van der Waals surface area contributed by atoms with Crippen LogP contribution in [0.3, 0.4) is 0 Å². The molecule has 5 heteroatoms. The molecule has 1 aromatic rings. The number of nitrogens with one attached hydrogen (secondary N) is 1. The van der Waals surface area contributed by atoms with Gasteiger partial charge in [-0.1, -0.05) is 18.5 Å². The molecular weight excluding hydrogens is 202 g/mol. The fraction of sp³-hybridized carbons (Fsp3) is 0.333.